The van der Waals surface area contributed by atoms with Gasteiger partial charge in [0.15, 0.2) is 0 Å². The van der Waals surface area contributed by atoms with E-state index in [9.17, 15) is 0 Å². The van der Waals surface area contributed by atoms with E-state index in [2.05, 4.69) is 19.9 Å². The highest BCUT2D eigenvalue weighted by Crippen LogP contribution is 2.19. The molecule has 0 N–H and O–H groups in total. The summed E-state index contributed by atoms with van der Waals surface area (Å²) in [5, 5.41) is 0. The third-order valence-electron chi connectivity index (χ3n) is 4.84. The Morgan fingerprint density at radius 1 is 0.469 bits per heavy atom. The lowest BCUT2D eigenvalue weighted by molar-refractivity contribution is 0.277. The van der Waals surface area contributed by atoms with Gasteiger partial charge in [0.25, 0.3) is 0 Å². The summed E-state index contributed by atoms with van der Waals surface area (Å²) in [4.78, 5) is 17.7. The fourth-order valence-corrected chi connectivity index (χ4v) is 3.22. The van der Waals surface area contributed by atoms with Gasteiger partial charge in [0.2, 0.25) is 11.8 Å². The lowest BCUT2D eigenvalue weighted by Crippen LogP contribution is -2.02. The predicted octanol–water partition coefficient (Wildman–Crippen LogP) is 5.62. The largest absolute Gasteiger partial charge is 0.478 e. The summed E-state index contributed by atoms with van der Waals surface area (Å²) >= 11 is 0. The van der Waals surface area contributed by atoms with Crippen LogP contribution >= 0.6 is 0 Å². The SMILES string of the molecule is c1ccc(-c2cccc(OCCCCCCOc3cccc(-c4ccccn4)n3)n2)nc1. The summed E-state index contributed by atoms with van der Waals surface area (Å²) in [6, 6.07) is 23.1. The molecule has 4 aromatic rings. The van der Waals surface area contributed by atoms with Crippen molar-refractivity contribution in [2.45, 2.75) is 25.7 Å². The third kappa shape index (κ3) is 6.35. The lowest BCUT2D eigenvalue weighted by atomic mass is 10.2. The first kappa shape index (κ1) is 21.4. The molecule has 0 radical (unpaired) electrons. The zero-order valence-corrected chi connectivity index (χ0v) is 17.9. The third-order valence-corrected chi connectivity index (χ3v) is 4.84. The van der Waals surface area contributed by atoms with Gasteiger partial charge in [0, 0.05) is 24.5 Å². The van der Waals surface area contributed by atoms with E-state index in [4.69, 9.17) is 9.47 Å². The van der Waals surface area contributed by atoms with E-state index >= 15 is 0 Å². The van der Waals surface area contributed by atoms with Crippen molar-refractivity contribution in [2.24, 2.45) is 0 Å². The second-order valence-corrected chi connectivity index (χ2v) is 7.26. The van der Waals surface area contributed by atoms with Crippen molar-refractivity contribution in [3.05, 3.63) is 85.2 Å². The van der Waals surface area contributed by atoms with Gasteiger partial charge in [0.05, 0.1) is 36.0 Å². The molecule has 0 bridgehead atoms. The van der Waals surface area contributed by atoms with Crippen LogP contribution in [-0.4, -0.2) is 33.1 Å². The maximum absolute atomic E-state index is 5.81. The summed E-state index contributed by atoms with van der Waals surface area (Å²) in [6.07, 6.45) is 7.63. The highest BCUT2D eigenvalue weighted by atomic mass is 16.5. The standard InChI is InChI=1S/C26H26N4O2/c1(7-19-31-25-15-9-13-23(29-25)21-11-3-5-17-27-21)2-8-20-32-26-16-10-14-24(30-26)22-12-4-6-18-28-22/h3-6,9-18H,1-2,7-8,19-20H2. The maximum Gasteiger partial charge on any atom is 0.213 e. The van der Waals surface area contributed by atoms with Crippen molar-refractivity contribution in [1.82, 2.24) is 19.9 Å². The molecule has 0 amide bonds. The highest BCUT2D eigenvalue weighted by molar-refractivity contribution is 5.54. The van der Waals surface area contributed by atoms with E-state index in [1.165, 1.54) is 0 Å². The average molecular weight is 427 g/mol. The van der Waals surface area contributed by atoms with Crippen LogP contribution in [0.3, 0.4) is 0 Å². The van der Waals surface area contributed by atoms with Crippen molar-refractivity contribution >= 4 is 0 Å². The van der Waals surface area contributed by atoms with Crippen LogP contribution in [0.4, 0.5) is 0 Å². The fraction of sp³-hybridized carbons (Fsp3) is 0.231. The molecule has 0 aliphatic rings. The molecule has 4 aromatic heterocycles. The average Bonchev–Trinajstić information content (AvgIpc) is 2.87. The quantitative estimate of drug-likeness (QED) is 0.290. The molecule has 162 valence electrons. The van der Waals surface area contributed by atoms with Crippen LogP contribution in [-0.2, 0) is 0 Å². The number of rotatable bonds is 11. The van der Waals surface area contributed by atoms with Gasteiger partial charge in [-0.25, -0.2) is 9.97 Å². The number of unbranched alkanes of at least 4 members (excludes halogenated alkanes) is 3. The van der Waals surface area contributed by atoms with Crippen LogP contribution in [0, 0.1) is 0 Å². The first-order valence-electron chi connectivity index (χ1n) is 10.9. The predicted molar refractivity (Wildman–Crippen MR) is 124 cm³/mol. The van der Waals surface area contributed by atoms with Gasteiger partial charge in [0.1, 0.15) is 0 Å². The topological polar surface area (TPSA) is 70.0 Å². The maximum atomic E-state index is 5.81. The van der Waals surface area contributed by atoms with Gasteiger partial charge in [-0.1, -0.05) is 24.3 Å². The van der Waals surface area contributed by atoms with Crippen molar-refractivity contribution in [3.8, 4) is 34.5 Å². The van der Waals surface area contributed by atoms with E-state index in [0.29, 0.717) is 25.0 Å². The van der Waals surface area contributed by atoms with E-state index in [-0.39, 0.29) is 0 Å². The van der Waals surface area contributed by atoms with Gasteiger partial charge < -0.3 is 9.47 Å². The van der Waals surface area contributed by atoms with Gasteiger partial charge in [-0.2, -0.15) is 0 Å². The van der Waals surface area contributed by atoms with Crippen molar-refractivity contribution in [1.29, 1.82) is 0 Å². The zero-order chi connectivity index (χ0) is 21.8. The van der Waals surface area contributed by atoms with Gasteiger partial charge in [-0.05, 0) is 62.1 Å². The Bertz CT molecular complexity index is 1000. The second-order valence-electron chi connectivity index (χ2n) is 7.26. The van der Waals surface area contributed by atoms with Gasteiger partial charge >= 0.3 is 0 Å². The van der Waals surface area contributed by atoms with Gasteiger partial charge in [-0.3, -0.25) is 9.97 Å². The van der Waals surface area contributed by atoms with Crippen LogP contribution in [0.15, 0.2) is 85.2 Å². The smallest absolute Gasteiger partial charge is 0.213 e. The van der Waals surface area contributed by atoms with Crippen LogP contribution in [0.1, 0.15) is 25.7 Å². The Balaban J connectivity index is 1.12. The summed E-state index contributed by atoms with van der Waals surface area (Å²) in [5.41, 5.74) is 3.33. The van der Waals surface area contributed by atoms with Crippen molar-refractivity contribution in [2.75, 3.05) is 13.2 Å². The number of ether oxygens (including phenoxy) is 2. The molecule has 32 heavy (non-hydrogen) atoms. The molecule has 0 saturated carbocycles. The Hall–Kier alpha value is -3.80. The Labute approximate surface area is 188 Å². The molecule has 0 atom stereocenters. The minimum atomic E-state index is 0.635. The molecule has 0 aliphatic heterocycles. The van der Waals surface area contributed by atoms with E-state index < -0.39 is 0 Å². The second kappa shape index (κ2) is 11.6. The fourth-order valence-electron chi connectivity index (χ4n) is 3.22. The van der Waals surface area contributed by atoms with Crippen molar-refractivity contribution in [3.63, 3.8) is 0 Å². The first-order chi connectivity index (χ1) is 15.9. The molecule has 6 nitrogen and oxygen atoms in total. The molecule has 0 aromatic carbocycles. The lowest BCUT2D eigenvalue weighted by Gasteiger charge is -2.08. The number of hydrogen-bond donors (Lipinski definition) is 0. The molecule has 0 fully saturated rings. The summed E-state index contributed by atoms with van der Waals surface area (Å²) in [6.45, 7) is 1.29. The summed E-state index contributed by atoms with van der Waals surface area (Å²) < 4.78 is 11.6. The molecular formula is C26H26N4O2. The van der Waals surface area contributed by atoms with Crippen LogP contribution in [0.2, 0.25) is 0 Å². The minimum absolute atomic E-state index is 0.635. The zero-order valence-electron chi connectivity index (χ0n) is 17.9. The number of hydrogen-bond acceptors (Lipinski definition) is 6. The Kier molecular flexibility index (Phi) is 7.74. The normalized spacial score (nSPS) is 10.6. The summed E-state index contributed by atoms with van der Waals surface area (Å²) in [5.74, 6) is 1.27. The monoisotopic (exact) mass is 426 g/mol. The number of pyridine rings is 4. The minimum Gasteiger partial charge on any atom is -0.478 e. The van der Waals surface area contributed by atoms with Crippen LogP contribution in [0.5, 0.6) is 11.8 Å². The molecule has 0 aliphatic carbocycles. The highest BCUT2D eigenvalue weighted by Gasteiger charge is 2.04. The molecule has 4 heterocycles. The van der Waals surface area contributed by atoms with Crippen LogP contribution in [0.25, 0.3) is 22.8 Å². The molecular weight excluding hydrogens is 400 g/mol. The Morgan fingerprint density at radius 3 is 1.38 bits per heavy atom. The molecule has 0 saturated heterocycles. The van der Waals surface area contributed by atoms with E-state index in [1.54, 1.807) is 12.4 Å². The molecule has 0 spiro atoms. The molecule has 4 rings (SSSR count). The number of nitrogens with zero attached hydrogens (tertiary/aromatic N) is 4. The Morgan fingerprint density at radius 2 is 0.938 bits per heavy atom. The van der Waals surface area contributed by atoms with E-state index in [0.717, 1.165) is 48.5 Å². The summed E-state index contributed by atoms with van der Waals surface area (Å²) in [7, 11) is 0. The molecule has 6 heteroatoms. The van der Waals surface area contributed by atoms with E-state index in [1.807, 2.05) is 72.8 Å². The molecule has 0 unspecified atom stereocenters. The number of aromatic nitrogens is 4. The first-order valence-corrected chi connectivity index (χ1v) is 10.9. The van der Waals surface area contributed by atoms with Gasteiger partial charge in [-0.15, -0.1) is 0 Å². The van der Waals surface area contributed by atoms with Crippen LogP contribution < -0.4 is 9.47 Å². The van der Waals surface area contributed by atoms with Crippen molar-refractivity contribution < 1.29 is 9.47 Å².